The summed E-state index contributed by atoms with van der Waals surface area (Å²) in [7, 11) is 0. The summed E-state index contributed by atoms with van der Waals surface area (Å²) in [5.41, 5.74) is -0.237. The van der Waals surface area contributed by atoms with Crippen LogP contribution in [0.2, 0.25) is 0 Å². The van der Waals surface area contributed by atoms with Crippen LogP contribution in [0.1, 0.15) is 194 Å². The van der Waals surface area contributed by atoms with Gasteiger partial charge in [0, 0.05) is 0 Å². The molecule has 0 atom stereocenters. The van der Waals surface area contributed by atoms with Gasteiger partial charge >= 0.3 is 23.9 Å². The highest BCUT2D eigenvalue weighted by Gasteiger charge is 2.43. The van der Waals surface area contributed by atoms with Crippen molar-refractivity contribution in [3.8, 4) is 23.6 Å². The van der Waals surface area contributed by atoms with E-state index in [-0.39, 0.29) is 82.6 Å². The molecule has 9 rings (SSSR count). The highest BCUT2D eigenvalue weighted by molar-refractivity contribution is 8.26. The Hall–Kier alpha value is -4.06. The van der Waals surface area contributed by atoms with Gasteiger partial charge in [-0.15, -0.1) is 0 Å². The van der Waals surface area contributed by atoms with Gasteiger partial charge in [-0.1, -0.05) is 86.6 Å². The number of hydrogen-bond donors (Lipinski definition) is 0. The molecule has 2 aliphatic heterocycles. The van der Waals surface area contributed by atoms with Crippen molar-refractivity contribution in [2.75, 3.05) is 0 Å². The van der Waals surface area contributed by atoms with Crippen LogP contribution in [-0.2, 0) is 28.7 Å². The first kappa shape index (κ1) is 56.7. The zero-order valence-electron chi connectivity index (χ0n) is 44.4. The summed E-state index contributed by atoms with van der Waals surface area (Å²) >= 11 is 4.59. The largest absolute Gasteiger partial charge is 0.462 e. The van der Waals surface area contributed by atoms with Gasteiger partial charge in [0.1, 0.15) is 12.2 Å². The number of thioether (sulfide) groups is 4. The molecule has 0 N–H and O–H groups in total. The number of nitriles is 2. The molecule has 8 aliphatic rings. The van der Waals surface area contributed by atoms with Crippen LogP contribution in [0.4, 0.5) is 0 Å². The van der Waals surface area contributed by atoms with E-state index in [9.17, 15) is 29.7 Å². The highest BCUT2D eigenvalue weighted by atomic mass is 32.2. The molecular weight excluding hydrogens is 1030 g/mol. The number of carbonyl (C=O) groups excluding carboxylic acids is 4. The van der Waals surface area contributed by atoms with E-state index < -0.39 is 0 Å². The minimum atomic E-state index is -0.375. The predicted molar refractivity (Wildman–Crippen MR) is 295 cm³/mol. The molecule has 6 saturated carbocycles. The smallest absolute Gasteiger partial charge is 0.314 e. The van der Waals surface area contributed by atoms with Crippen LogP contribution in [0.25, 0.3) is 9.69 Å². The first-order valence-electron chi connectivity index (χ1n) is 28.8. The van der Waals surface area contributed by atoms with Crippen molar-refractivity contribution in [1.29, 1.82) is 10.5 Å². The SMILES string of the molecule is [C-]#[N+]C(C#N)=C1Sc2c(OC(=O)C3CCC(C4CCC(OC(=O)C5CCC(CCC)CC5)CC4)CC3)c3c(c(OC(=O)C4CCC(C5CCC(OC(=O)C6CCC(CCC)CC6)CC5)CC4)c2S1)SC(=C(C#N)[N+]#[C-])S3. The van der Waals surface area contributed by atoms with E-state index in [2.05, 4.69) is 23.5 Å². The third-order valence-electron chi connectivity index (χ3n) is 18.5. The van der Waals surface area contributed by atoms with Gasteiger partial charge in [-0.05, 0) is 190 Å². The summed E-state index contributed by atoms with van der Waals surface area (Å²) in [5.74, 6) is 2.61. The first-order valence-corrected chi connectivity index (χ1v) is 32.1. The van der Waals surface area contributed by atoms with E-state index in [0.717, 1.165) is 187 Å². The van der Waals surface area contributed by atoms with Crippen LogP contribution < -0.4 is 9.47 Å². The molecule has 0 radical (unpaired) electrons. The lowest BCUT2D eigenvalue weighted by Crippen LogP contribution is -2.33. The maximum Gasteiger partial charge on any atom is 0.314 e. The lowest BCUT2D eigenvalue weighted by Gasteiger charge is -2.37. The molecule has 1 aromatic carbocycles. The molecule has 0 saturated heterocycles. The summed E-state index contributed by atoms with van der Waals surface area (Å²) in [6.45, 7) is 20.0. The van der Waals surface area contributed by atoms with E-state index in [1.165, 1.54) is 25.7 Å². The zero-order valence-corrected chi connectivity index (χ0v) is 47.7. The third-order valence-corrected chi connectivity index (χ3v) is 23.7. The number of esters is 4. The molecule has 406 valence electrons. The molecule has 2 heterocycles. The Kier molecular flexibility index (Phi) is 19.9. The number of benzene rings is 1. The van der Waals surface area contributed by atoms with Gasteiger partial charge in [-0.2, -0.15) is 0 Å². The van der Waals surface area contributed by atoms with E-state index >= 15 is 0 Å². The average Bonchev–Trinajstić information content (AvgIpc) is 4.10. The van der Waals surface area contributed by atoms with E-state index in [1.54, 1.807) is 0 Å². The van der Waals surface area contributed by atoms with Crippen LogP contribution in [0.3, 0.4) is 0 Å². The second kappa shape index (κ2) is 26.7. The summed E-state index contributed by atoms with van der Waals surface area (Å²) in [6, 6.07) is 4.01. The number of carbonyl (C=O) groups is 4. The molecule has 0 amide bonds. The maximum atomic E-state index is 14.4. The minimum Gasteiger partial charge on any atom is -0.462 e. The predicted octanol–water partition coefficient (Wildman–Crippen LogP) is 16.1. The van der Waals surface area contributed by atoms with Crippen molar-refractivity contribution < 1.29 is 38.1 Å². The van der Waals surface area contributed by atoms with Gasteiger partial charge in [0.05, 0.1) is 77.0 Å². The number of hydrogen-bond acceptors (Lipinski definition) is 14. The van der Waals surface area contributed by atoms with E-state index in [4.69, 9.17) is 32.1 Å². The standard InChI is InChI=1S/C60H74N4O8S4/c1-5-7-35-9-13-41(14-10-35)55(65)69-45-29-25-39(26-30-45)37-17-21-43(22-18-37)57(67)71-49-51-53(75-59(73-51)47(33-61)63-3)50(54-52(49)74-60(76-54)48(34-62)64-4)72-58(68)44-23-19-38(20-24-44)40-27-31-46(32-28-40)70-56(66)42-15-11-36(8-6-2)12-16-42/h35-46H,5-32H2,1-2H3. The van der Waals surface area contributed by atoms with Crippen LogP contribution >= 0.6 is 47.0 Å². The fourth-order valence-electron chi connectivity index (χ4n) is 14.1. The van der Waals surface area contributed by atoms with Crippen LogP contribution in [0, 0.1) is 95.0 Å². The lowest BCUT2D eigenvalue weighted by molar-refractivity contribution is -0.158. The summed E-state index contributed by atoms with van der Waals surface area (Å²) in [5, 5.41) is 20.0. The molecular formula is C60H74N4O8S4. The number of rotatable bonds is 14. The van der Waals surface area contributed by atoms with Gasteiger partial charge in [0.25, 0.3) is 11.4 Å². The molecule has 0 unspecified atom stereocenters. The fourth-order valence-corrected chi connectivity index (χ4v) is 19.2. The summed E-state index contributed by atoms with van der Waals surface area (Å²) in [4.78, 5) is 63.8. The van der Waals surface area contributed by atoms with Gasteiger partial charge in [0.2, 0.25) is 0 Å². The fraction of sp³-hybridized carbons (Fsp3) is 0.700. The molecule has 6 aliphatic carbocycles. The Morgan fingerprint density at radius 3 is 1.00 bits per heavy atom. The van der Waals surface area contributed by atoms with Crippen molar-refractivity contribution in [3.05, 3.63) is 42.7 Å². The van der Waals surface area contributed by atoms with E-state index in [0.29, 0.717) is 77.4 Å². The Morgan fingerprint density at radius 2 is 0.724 bits per heavy atom. The number of nitrogens with zero attached hydrogens (tertiary/aromatic N) is 4. The number of fused-ring (bicyclic) bond motifs is 2. The Morgan fingerprint density at radius 1 is 0.447 bits per heavy atom. The zero-order chi connectivity index (χ0) is 53.3. The number of ether oxygens (including phenoxy) is 4. The molecule has 0 spiro atoms. The molecule has 0 bridgehead atoms. The normalized spacial score (nSPS) is 31.2. The molecule has 1 aromatic rings. The van der Waals surface area contributed by atoms with Crippen molar-refractivity contribution in [2.24, 2.45) is 59.2 Å². The van der Waals surface area contributed by atoms with Gasteiger partial charge in [0.15, 0.2) is 11.5 Å². The second-order valence-electron chi connectivity index (χ2n) is 23.1. The molecule has 76 heavy (non-hydrogen) atoms. The molecule has 6 fully saturated rings. The van der Waals surface area contributed by atoms with Gasteiger partial charge in [-0.25, -0.2) is 20.2 Å². The Labute approximate surface area is 467 Å². The highest BCUT2D eigenvalue weighted by Crippen LogP contribution is 2.69. The molecule has 16 heteroatoms. The molecule has 0 aromatic heterocycles. The van der Waals surface area contributed by atoms with Crippen molar-refractivity contribution >= 4 is 70.9 Å². The summed E-state index contributed by atoms with van der Waals surface area (Å²) < 4.78 is 25.9. The second-order valence-corrected chi connectivity index (χ2v) is 27.7. The van der Waals surface area contributed by atoms with Gasteiger partial charge < -0.3 is 18.9 Å². The monoisotopic (exact) mass is 1110 g/mol. The third kappa shape index (κ3) is 13.3. The van der Waals surface area contributed by atoms with Crippen molar-refractivity contribution in [1.82, 2.24) is 0 Å². The Balaban J connectivity index is 0.821. The average molecular weight is 1110 g/mol. The maximum absolute atomic E-state index is 14.4. The summed E-state index contributed by atoms with van der Waals surface area (Å²) in [6.07, 6.45) is 27.0. The van der Waals surface area contributed by atoms with Crippen molar-refractivity contribution in [3.63, 3.8) is 0 Å². The first-order chi connectivity index (χ1) is 37.0. The van der Waals surface area contributed by atoms with E-state index in [1.807, 2.05) is 12.1 Å². The lowest BCUT2D eigenvalue weighted by atomic mass is 9.70. The minimum absolute atomic E-state index is 0.000808. The molecule has 12 nitrogen and oxygen atoms in total. The van der Waals surface area contributed by atoms with Crippen LogP contribution in [0.5, 0.6) is 11.5 Å². The van der Waals surface area contributed by atoms with Crippen molar-refractivity contribution in [2.45, 2.75) is 225 Å². The van der Waals surface area contributed by atoms with Gasteiger partial charge in [-0.3, -0.25) is 19.2 Å². The van der Waals surface area contributed by atoms with Crippen LogP contribution in [-0.4, -0.2) is 36.1 Å². The topological polar surface area (TPSA) is 162 Å². The quantitative estimate of drug-likeness (QED) is 0.0749. The number of allylic oxidation sites excluding steroid dienone is 2. The van der Waals surface area contributed by atoms with Crippen LogP contribution in [0.15, 0.2) is 39.5 Å². The Bertz CT molecular complexity index is 2310.